The van der Waals surface area contributed by atoms with Crippen LogP contribution < -0.4 is 22.1 Å². The van der Waals surface area contributed by atoms with Gasteiger partial charge in [-0.3, -0.25) is 33.6 Å². The lowest BCUT2D eigenvalue weighted by molar-refractivity contribution is -0.145. The number of nitrogens with zero attached hydrogens (tertiary/aromatic N) is 11. The minimum atomic E-state index is -1.24. The second kappa shape index (κ2) is 21.0. The molecule has 6 heterocycles. The Hall–Kier alpha value is -8.24. The topological polar surface area (TPSA) is 268 Å². The number of carbonyl (C=O) groups is 4. The Morgan fingerprint density at radius 3 is 1.74 bits per heavy atom. The zero-order chi connectivity index (χ0) is 46.6. The number of nitrogen functional groups attached to an aromatic ring is 2. The normalized spacial score (nSPS) is 11.2. The first-order valence-electron chi connectivity index (χ1n) is 20.8. The molecule has 0 spiro atoms. The van der Waals surface area contributed by atoms with Crippen LogP contribution in [-0.4, -0.2) is 97.6 Å². The molecule has 0 saturated carbocycles. The van der Waals surface area contributed by atoms with Crippen molar-refractivity contribution < 1.29 is 23.9 Å². The molecule has 0 aliphatic heterocycles. The van der Waals surface area contributed by atoms with Crippen LogP contribution in [0.3, 0.4) is 0 Å². The van der Waals surface area contributed by atoms with Crippen LogP contribution in [0, 0.1) is 0 Å². The Kier molecular flexibility index (Phi) is 14.5. The number of fused-ring (bicyclic) bond motifs is 2. The summed E-state index contributed by atoms with van der Waals surface area (Å²) in [6.45, 7) is 8.39. The summed E-state index contributed by atoms with van der Waals surface area (Å²) in [6.07, 6.45) is 12.6. The number of benzene rings is 2. The number of hydrogen-bond donors (Lipinski definition) is 5. The SMILES string of the molecule is C[Si](C)(C)CCOCn1ncc2c(N)ncc(NC(=O)C(=O)N(Cc3ccccc3)Cn3cccn3)c21.Nc1ncc(NC(=O)C(=O)N(Cc2ccccc2)Cn2cccn2)c2[nH]ncc12. The Bertz CT molecular complexity index is 2880. The van der Waals surface area contributed by atoms with Gasteiger partial charge in [-0.2, -0.15) is 20.4 Å². The predicted molar refractivity (Wildman–Crippen MR) is 250 cm³/mol. The van der Waals surface area contributed by atoms with Crippen molar-refractivity contribution in [1.29, 1.82) is 0 Å². The average Bonchev–Trinajstić information content (AvgIpc) is 4.16. The maximum atomic E-state index is 13.3. The van der Waals surface area contributed by atoms with E-state index in [0.29, 0.717) is 39.8 Å². The zero-order valence-corrected chi connectivity index (χ0v) is 37.6. The van der Waals surface area contributed by atoms with E-state index in [0.717, 1.165) is 17.2 Å². The van der Waals surface area contributed by atoms with E-state index >= 15 is 0 Å². The third-order valence-corrected chi connectivity index (χ3v) is 11.8. The Balaban J connectivity index is 0.000000202. The molecule has 0 saturated heterocycles. The summed E-state index contributed by atoms with van der Waals surface area (Å²) in [5.74, 6) is -2.45. The molecule has 22 heteroatoms. The largest absolute Gasteiger partial charge is 0.383 e. The van der Waals surface area contributed by atoms with Gasteiger partial charge in [0.15, 0.2) is 0 Å². The quantitative estimate of drug-likeness (QED) is 0.0539. The summed E-state index contributed by atoms with van der Waals surface area (Å²) in [6, 6.07) is 23.4. The molecule has 66 heavy (non-hydrogen) atoms. The molecule has 8 rings (SSSR count). The number of amides is 4. The number of anilines is 4. The van der Waals surface area contributed by atoms with Crippen LogP contribution in [0.1, 0.15) is 11.1 Å². The average molecular weight is 911 g/mol. The van der Waals surface area contributed by atoms with Gasteiger partial charge in [0.05, 0.1) is 58.0 Å². The molecule has 21 nitrogen and oxygen atoms in total. The first-order chi connectivity index (χ1) is 31.8. The van der Waals surface area contributed by atoms with E-state index in [1.807, 2.05) is 60.7 Å². The molecule has 0 fully saturated rings. The maximum Gasteiger partial charge on any atom is 0.314 e. The highest BCUT2D eigenvalue weighted by Gasteiger charge is 2.26. The fourth-order valence-corrected chi connectivity index (χ4v) is 7.38. The highest BCUT2D eigenvalue weighted by molar-refractivity contribution is 6.76. The lowest BCUT2D eigenvalue weighted by Gasteiger charge is -2.22. The highest BCUT2D eigenvalue weighted by Crippen LogP contribution is 2.27. The maximum absolute atomic E-state index is 13.3. The van der Waals surface area contributed by atoms with Crippen molar-refractivity contribution in [3.05, 3.63) is 133 Å². The summed E-state index contributed by atoms with van der Waals surface area (Å²) >= 11 is 0. The van der Waals surface area contributed by atoms with E-state index < -0.39 is 31.7 Å². The van der Waals surface area contributed by atoms with E-state index in [9.17, 15) is 19.2 Å². The molecule has 8 aromatic rings. The number of H-pyrrole nitrogens is 1. The minimum absolute atomic E-state index is 0.117. The van der Waals surface area contributed by atoms with Crippen molar-refractivity contribution in [1.82, 2.24) is 59.3 Å². The van der Waals surface area contributed by atoms with Crippen LogP contribution in [0.4, 0.5) is 23.0 Å². The van der Waals surface area contributed by atoms with E-state index in [4.69, 9.17) is 16.2 Å². The summed E-state index contributed by atoms with van der Waals surface area (Å²) < 4.78 is 10.6. The van der Waals surface area contributed by atoms with Crippen molar-refractivity contribution in [2.75, 3.05) is 28.7 Å². The van der Waals surface area contributed by atoms with Gasteiger partial charge < -0.3 is 36.6 Å². The second-order valence-corrected chi connectivity index (χ2v) is 21.9. The van der Waals surface area contributed by atoms with Gasteiger partial charge in [0.2, 0.25) is 0 Å². The number of pyridine rings is 2. The second-order valence-electron chi connectivity index (χ2n) is 16.3. The molecule has 0 bridgehead atoms. The van der Waals surface area contributed by atoms with E-state index in [1.165, 1.54) is 28.4 Å². The van der Waals surface area contributed by atoms with Gasteiger partial charge in [-0.25, -0.2) is 14.6 Å². The minimum Gasteiger partial charge on any atom is -0.383 e. The smallest absolute Gasteiger partial charge is 0.314 e. The number of ether oxygens (including phenoxy) is 1. The van der Waals surface area contributed by atoms with Crippen LogP contribution in [0.5, 0.6) is 0 Å². The van der Waals surface area contributed by atoms with Gasteiger partial charge in [-0.15, -0.1) is 0 Å². The number of aromatic nitrogens is 10. The fourth-order valence-electron chi connectivity index (χ4n) is 6.63. The number of hydrogen-bond acceptors (Lipinski definition) is 13. The summed E-state index contributed by atoms with van der Waals surface area (Å²) in [5.41, 5.74) is 15.3. The molecule has 7 N–H and O–H groups in total. The molecule has 4 amide bonds. The highest BCUT2D eigenvalue weighted by atomic mass is 28.3. The monoisotopic (exact) mass is 910 g/mol. The lowest BCUT2D eigenvalue weighted by atomic mass is 10.2. The molecular weight excluding hydrogens is 861 g/mol. The van der Waals surface area contributed by atoms with Gasteiger partial charge in [-0.1, -0.05) is 80.3 Å². The molecule has 0 aliphatic rings. The Morgan fingerprint density at radius 2 is 1.21 bits per heavy atom. The van der Waals surface area contributed by atoms with Gasteiger partial charge in [0, 0.05) is 52.6 Å². The van der Waals surface area contributed by atoms with Crippen molar-refractivity contribution in [3.8, 4) is 0 Å². The molecular formula is C44H50N16O5Si. The van der Waals surface area contributed by atoms with E-state index in [2.05, 4.69) is 65.7 Å². The standard InChI is InChI=1S/C25H32N8O3Si.C19H18N8O2/c1-37(2,3)13-12-36-18-33-22-20(14-29-33)23(26)27-15-21(22)30-24(34)25(35)31(17-32-11-7-10-28-32)16-19-8-5-4-6-9-19;20-17-14-9-22-25-16(14)15(10-21-17)24-18(28)19(29)26(12-27-8-4-7-23-27)11-13-5-2-1-3-6-13/h4-11,14-15H,12-13,16-18H2,1-3H3,(H2,26,27)(H,30,34);1-10H,11-12H2,(H2,20,21)(H,22,25)(H,24,28). The molecule has 0 unspecified atom stereocenters. The van der Waals surface area contributed by atoms with Crippen LogP contribution in [0.2, 0.25) is 25.7 Å². The van der Waals surface area contributed by atoms with Crippen LogP contribution in [0.15, 0.2) is 122 Å². The zero-order valence-electron chi connectivity index (χ0n) is 36.6. The molecule has 2 aromatic carbocycles. The fraction of sp³-hybridized carbons (Fsp3) is 0.227. The molecule has 0 radical (unpaired) electrons. The number of nitrogens with two attached hydrogens (primary N) is 2. The van der Waals surface area contributed by atoms with Crippen molar-refractivity contribution in [3.63, 3.8) is 0 Å². The number of rotatable bonds is 15. The van der Waals surface area contributed by atoms with Gasteiger partial charge in [-0.05, 0) is 29.3 Å². The van der Waals surface area contributed by atoms with Gasteiger partial charge in [0.25, 0.3) is 0 Å². The number of carbonyl (C=O) groups excluding carboxylic acids is 4. The molecule has 0 atom stereocenters. The van der Waals surface area contributed by atoms with Crippen molar-refractivity contribution >= 4 is 76.5 Å². The lowest BCUT2D eigenvalue weighted by Crippen LogP contribution is -2.40. The third kappa shape index (κ3) is 11.9. The summed E-state index contributed by atoms with van der Waals surface area (Å²) in [4.78, 5) is 63.1. The third-order valence-electron chi connectivity index (χ3n) is 10.1. The van der Waals surface area contributed by atoms with Crippen LogP contribution >= 0.6 is 0 Å². The predicted octanol–water partition coefficient (Wildman–Crippen LogP) is 4.51. The molecule has 0 aliphatic carbocycles. The Labute approximate surface area is 379 Å². The van der Waals surface area contributed by atoms with Crippen molar-refractivity contribution in [2.24, 2.45) is 0 Å². The van der Waals surface area contributed by atoms with Crippen LogP contribution in [-0.2, 0) is 57.1 Å². The van der Waals surface area contributed by atoms with Crippen LogP contribution in [0.25, 0.3) is 21.8 Å². The number of aromatic amines is 1. The van der Waals surface area contributed by atoms with Gasteiger partial charge in [0.1, 0.15) is 31.7 Å². The van der Waals surface area contributed by atoms with E-state index in [-0.39, 0.29) is 44.8 Å². The number of nitrogens with one attached hydrogen (secondary N) is 3. The summed E-state index contributed by atoms with van der Waals surface area (Å²) in [5, 5.41) is 25.8. The molecule has 6 aromatic heterocycles. The Morgan fingerprint density at radius 1 is 0.682 bits per heavy atom. The first-order valence-corrected chi connectivity index (χ1v) is 24.5. The van der Waals surface area contributed by atoms with Crippen molar-refractivity contribution in [2.45, 2.75) is 58.8 Å². The van der Waals surface area contributed by atoms with Gasteiger partial charge >= 0.3 is 23.6 Å². The van der Waals surface area contributed by atoms with E-state index in [1.54, 1.807) is 57.2 Å². The first kappa shape index (κ1) is 45.8. The summed E-state index contributed by atoms with van der Waals surface area (Å²) in [7, 11) is -1.24. The molecule has 340 valence electrons.